The summed E-state index contributed by atoms with van der Waals surface area (Å²) >= 11 is 5.73. The lowest BCUT2D eigenvalue weighted by Crippen LogP contribution is -2.40. The number of nitro groups is 1. The maximum atomic E-state index is 12.4. The highest BCUT2D eigenvalue weighted by molar-refractivity contribution is 7.89. The Morgan fingerprint density at radius 1 is 1.15 bits per heavy atom. The lowest BCUT2D eigenvalue weighted by Gasteiger charge is -2.20. The molecule has 1 amide bonds. The minimum atomic E-state index is -3.77. The average molecular weight is 412 g/mol. The molecule has 2 aromatic rings. The largest absolute Gasteiger partial charge is 0.322 e. The number of nitro benzene ring substituents is 1. The highest BCUT2D eigenvalue weighted by atomic mass is 35.5. The molecule has 0 aliphatic carbocycles. The standard InChI is InChI=1S/C17H18ClN3O5S/c1-17(2,3)20-27(25,26)13-6-4-5-12(10-13)19-16(22)11-7-8-14(18)15(9-11)21(23)24/h4-10,20H,1-3H3,(H,19,22). The van der Waals surface area contributed by atoms with Crippen molar-refractivity contribution < 1.29 is 18.1 Å². The van der Waals surface area contributed by atoms with Crippen LogP contribution in [0.1, 0.15) is 31.1 Å². The summed E-state index contributed by atoms with van der Waals surface area (Å²) in [6.07, 6.45) is 0. The van der Waals surface area contributed by atoms with Gasteiger partial charge in [0.2, 0.25) is 10.0 Å². The zero-order valence-corrected chi connectivity index (χ0v) is 16.4. The van der Waals surface area contributed by atoms with Gasteiger partial charge in [-0.15, -0.1) is 0 Å². The van der Waals surface area contributed by atoms with Crippen molar-refractivity contribution in [1.82, 2.24) is 4.72 Å². The Bertz CT molecular complexity index is 1000. The van der Waals surface area contributed by atoms with Crippen molar-refractivity contribution in [3.8, 4) is 0 Å². The van der Waals surface area contributed by atoms with Crippen LogP contribution in [-0.2, 0) is 10.0 Å². The Kier molecular flexibility index (Phi) is 5.88. The third-order valence-corrected chi connectivity index (χ3v) is 5.32. The molecule has 0 aliphatic heterocycles. The fraction of sp³-hybridized carbons (Fsp3) is 0.235. The zero-order valence-electron chi connectivity index (χ0n) is 14.8. The van der Waals surface area contributed by atoms with Crippen molar-refractivity contribution in [1.29, 1.82) is 0 Å². The second kappa shape index (κ2) is 7.63. The molecule has 0 spiro atoms. The molecule has 8 nitrogen and oxygen atoms in total. The Labute approximate surface area is 161 Å². The van der Waals surface area contributed by atoms with Gasteiger partial charge in [-0.05, 0) is 51.1 Å². The number of nitrogens with one attached hydrogen (secondary N) is 2. The van der Waals surface area contributed by atoms with Crippen LogP contribution in [0.15, 0.2) is 47.4 Å². The van der Waals surface area contributed by atoms with Gasteiger partial charge in [0.05, 0.1) is 9.82 Å². The highest BCUT2D eigenvalue weighted by Crippen LogP contribution is 2.26. The number of nitrogens with zero attached hydrogens (tertiary/aromatic N) is 1. The van der Waals surface area contributed by atoms with Gasteiger partial charge in [0.25, 0.3) is 11.6 Å². The molecular formula is C17H18ClN3O5S. The molecule has 2 aromatic carbocycles. The summed E-state index contributed by atoms with van der Waals surface area (Å²) in [5, 5.41) is 13.4. The second-order valence-corrected chi connectivity index (χ2v) is 8.85. The van der Waals surface area contributed by atoms with Gasteiger partial charge in [-0.1, -0.05) is 17.7 Å². The summed E-state index contributed by atoms with van der Waals surface area (Å²) < 4.78 is 27.3. The lowest BCUT2D eigenvalue weighted by atomic mass is 10.1. The van der Waals surface area contributed by atoms with Crippen LogP contribution in [0.3, 0.4) is 0 Å². The van der Waals surface area contributed by atoms with Gasteiger partial charge in [-0.3, -0.25) is 14.9 Å². The number of hydrogen-bond acceptors (Lipinski definition) is 5. The molecule has 0 atom stereocenters. The van der Waals surface area contributed by atoms with E-state index in [2.05, 4.69) is 10.0 Å². The fourth-order valence-electron chi connectivity index (χ4n) is 2.20. The number of carbonyl (C=O) groups excluding carboxylic acids is 1. The van der Waals surface area contributed by atoms with Crippen molar-refractivity contribution in [2.75, 3.05) is 5.32 Å². The first-order valence-corrected chi connectivity index (χ1v) is 9.64. The number of anilines is 1. The summed E-state index contributed by atoms with van der Waals surface area (Å²) in [6, 6.07) is 9.34. The van der Waals surface area contributed by atoms with Crippen molar-refractivity contribution in [2.45, 2.75) is 31.2 Å². The fourth-order valence-corrected chi connectivity index (χ4v) is 3.85. The van der Waals surface area contributed by atoms with Crippen molar-refractivity contribution >= 4 is 38.9 Å². The Morgan fingerprint density at radius 2 is 1.81 bits per heavy atom. The molecule has 2 rings (SSSR count). The number of carbonyl (C=O) groups is 1. The van der Waals surface area contributed by atoms with Gasteiger partial charge < -0.3 is 5.32 Å². The monoisotopic (exact) mass is 411 g/mol. The molecule has 10 heteroatoms. The Morgan fingerprint density at radius 3 is 2.41 bits per heavy atom. The van der Waals surface area contributed by atoms with Gasteiger partial charge in [0.15, 0.2) is 0 Å². The number of sulfonamides is 1. The van der Waals surface area contributed by atoms with Crippen LogP contribution in [0.5, 0.6) is 0 Å². The van der Waals surface area contributed by atoms with Crippen molar-refractivity contribution in [3.05, 3.63) is 63.2 Å². The predicted molar refractivity (Wildman–Crippen MR) is 103 cm³/mol. The van der Waals surface area contributed by atoms with Gasteiger partial charge in [0, 0.05) is 22.9 Å². The molecule has 144 valence electrons. The van der Waals surface area contributed by atoms with Crippen LogP contribution in [0, 0.1) is 10.1 Å². The van der Waals surface area contributed by atoms with E-state index in [9.17, 15) is 23.3 Å². The van der Waals surface area contributed by atoms with E-state index in [1.165, 1.54) is 36.4 Å². The van der Waals surface area contributed by atoms with Crippen LogP contribution in [0.4, 0.5) is 11.4 Å². The number of amides is 1. The van der Waals surface area contributed by atoms with E-state index in [0.29, 0.717) is 0 Å². The van der Waals surface area contributed by atoms with Crippen LogP contribution >= 0.6 is 11.6 Å². The topological polar surface area (TPSA) is 118 Å². The molecule has 0 radical (unpaired) electrons. The SMILES string of the molecule is CC(C)(C)NS(=O)(=O)c1cccc(NC(=O)c2ccc(Cl)c([N+](=O)[O-])c2)c1. The van der Waals surface area contributed by atoms with E-state index < -0.39 is 32.1 Å². The highest BCUT2D eigenvalue weighted by Gasteiger charge is 2.22. The maximum absolute atomic E-state index is 12.4. The molecular weight excluding hydrogens is 394 g/mol. The smallest absolute Gasteiger partial charge is 0.288 e. The number of halogens is 1. The van der Waals surface area contributed by atoms with Gasteiger partial charge >= 0.3 is 0 Å². The minimum absolute atomic E-state index is 0.0164. The molecule has 0 unspecified atom stereocenters. The Hall–Kier alpha value is -2.49. The van der Waals surface area contributed by atoms with Crippen molar-refractivity contribution in [2.24, 2.45) is 0 Å². The normalized spacial score (nSPS) is 11.9. The molecule has 0 saturated carbocycles. The third kappa shape index (κ3) is 5.49. The summed E-state index contributed by atoms with van der Waals surface area (Å²) in [7, 11) is -3.77. The molecule has 0 aromatic heterocycles. The molecule has 2 N–H and O–H groups in total. The van der Waals surface area contributed by atoms with Gasteiger partial charge in [0.1, 0.15) is 5.02 Å². The van der Waals surface area contributed by atoms with E-state index in [-0.39, 0.29) is 21.2 Å². The second-order valence-electron chi connectivity index (χ2n) is 6.76. The van der Waals surface area contributed by atoms with Gasteiger partial charge in [-0.25, -0.2) is 13.1 Å². The first kappa shape index (κ1) is 20.8. The van der Waals surface area contributed by atoms with E-state index in [0.717, 1.165) is 6.07 Å². The van der Waals surface area contributed by atoms with Crippen LogP contribution in [0.25, 0.3) is 0 Å². The van der Waals surface area contributed by atoms with E-state index in [1.54, 1.807) is 20.8 Å². The molecule has 0 saturated heterocycles. The first-order valence-electron chi connectivity index (χ1n) is 7.78. The van der Waals surface area contributed by atoms with E-state index in [1.807, 2.05) is 0 Å². The maximum Gasteiger partial charge on any atom is 0.288 e. The first-order chi connectivity index (χ1) is 12.4. The molecule has 27 heavy (non-hydrogen) atoms. The molecule has 0 heterocycles. The van der Waals surface area contributed by atoms with Crippen LogP contribution in [0.2, 0.25) is 5.02 Å². The Balaban J connectivity index is 2.28. The average Bonchev–Trinajstić information content (AvgIpc) is 2.53. The summed E-state index contributed by atoms with van der Waals surface area (Å²) in [6.45, 7) is 5.14. The minimum Gasteiger partial charge on any atom is -0.322 e. The number of benzene rings is 2. The van der Waals surface area contributed by atoms with E-state index >= 15 is 0 Å². The number of hydrogen-bond donors (Lipinski definition) is 2. The summed E-state index contributed by atoms with van der Waals surface area (Å²) in [5.41, 5.74) is -0.808. The van der Waals surface area contributed by atoms with Crippen LogP contribution in [-0.4, -0.2) is 24.8 Å². The molecule has 0 aliphatic rings. The number of rotatable bonds is 5. The zero-order chi connectivity index (χ0) is 20.4. The van der Waals surface area contributed by atoms with Gasteiger partial charge in [-0.2, -0.15) is 0 Å². The molecule has 0 bridgehead atoms. The molecule has 0 fully saturated rings. The quantitative estimate of drug-likeness (QED) is 0.575. The lowest BCUT2D eigenvalue weighted by molar-refractivity contribution is -0.384. The summed E-state index contributed by atoms with van der Waals surface area (Å²) in [5.74, 6) is -0.631. The third-order valence-electron chi connectivity index (χ3n) is 3.25. The predicted octanol–water partition coefficient (Wildman–Crippen LogP) is 3.58. The van der Waals surface area contributed by atoms with Crippen LogP contribution < -0.4 is 10.0 Å². The summed E-state index contributed by atoms with van der Waals surface area (Å²) in [4.78, 5) is 22.6. The van der Waals surface area contributed by atoms with Crippen molar-refractivity contribution in [3.63, 3.8) is 0 Å². The van der Waals surface area contributed by atoms with E-state index in [4.69, 9.17) is 11.6 Å².